The lowest BCUT2D eigenvalue weighted by atomic mass is 10.0. The number of piperazine rings is 1. The Morgan fingerprint density at radius 3 is 2.33 bits per heavy atom. The van der Waals surface area contributed by atoms with Crippen molar-refractivity contribution in [1.29, 1.82) is 0 Å². The molecule has 0 saturated carbocycles. The fourth-order valence-electron chi connectivity index (χ4n) is 8.31. The minimum Gasteiger partial charge on any atom is -0.489 e. The van der Waals surface area contributed by atoms with Gasteiger partial charge in [-0.15, -0.1) is 0 Å². The highest BCUT2D eigenvalue weighted by Crippen LogP contribution is 2.27. The number of para-hydroxylation sites is 1. The summed E-state index contributed by atoms with van der Waals surface area (Å²) < 4.78 is 8.04. The lowest BCUT2D eigenvalue weighted by molar-refractivity contribution is -0.115. The summed E-state index contributed by atoms with van der Waals surface area (Å²) >= 11 is 0. The van der Waals surface area contributed by atoms with E-state index in [9.17, 15) is 24.3 Å². The Morgan fingerprint density at radius 1 is 0.714 bits per heavy atom. The molecule has 0 radical (unpaired) electrons. The van der Waals surface area contributed by atoms with E-state index in [1.807, 2.05) is 145 Å². The van der Waals surface area contributed by atoms with Gasteiger partial charge in [0.05, 0.1) is 17.5 Å². The van der Waals surface area contributed by atoms with Gasteiger partial charge in [-0.1, -0.05) is 97.1 Å². The third kappa shape index (κ3) is 9.29. The van der Waals surface area contributed by atoms with Gasteiger partial charge in [0.15, 0.2) is 0 Å². The highest BCUT2D eigenvalue weighted by Gasteiger charge is 2.27. The van der Waals surface area contributed by atoms with Crippen molar-refractivity contribution in [2.24, 2.45) is 0 Å². The molecule has 0 aliphatic carbocycles. The van der Waals surface area contributed by atoms with Crippen LogP contribution in [0.5, 0.6) is 5.75 Å². The van der Waals surface area contributed by atoms with Crippen molar-refractivity contribution in [3.05, 3.63) is 191 Å². The van der Waals surface area contributed by atoms with Gasteiger partial charge in [0, 0.05) is 67.1 Å². The van der Waals surface area contributed by atoms with Gasteiger partial charge in [-0.3, -0.25) is 14.4 Å². The lowest BCUT2D eigenvalue weighted by Gasteiger charge is -2.33. The number of aromatic carboxylic acids is 1. The molecule has 63 heavy (non-hydrogen) atoms. The van der Waals surface area contributed by atoms with Crippen LogP contribution in [0.2, 0.25) is 0 Å². The maximum atomic E-state index is 14.2. The van der Waals surface area contributed by atoms with E-state index in [0.717, 1.165) is 49.1 Å². The molecule has 1 aromatic heterocycles. The quantitative estimate of drug-likeness (QED) is 0.0916. The number of ether oxygens (including phenoxy) is 1. The zero-order valence-corrected chi connectivity index (χ0v) is 34.4. The summed E-state index contributed by atoms with van der Waals surface area (Å²) in [4.78, 5) is 54.0. The Bertz CT molecular complexity index is 3030. The second-order valence-electron chi connectivity index (χ2n) is 15.9. The molecular weight excluding hydrogens is 791 g/mol. The van der Waals surface area contributed by atoms with Gasteiger partial charge < -0.3 is 35.3 Å². The molecule has 7 aromatic carbocycles. The van der Waals surface area contributed by atoms with Crippen LogP contribution in [0.3, 0.4) is 0 Å². The van der Waals surface area contributed by atoms with Crippen molar-refractivity contribution in [2.75, 3.05) is 31.5 Å². The fourth-order valence-corrected chi connectivity index (χ4v) is 8.31. The smallest absolute Gasteiger partial charge is 0.335 e. The first kappa shape index (κ1) is 40.6. The number of fused-ring (bicyclic) bond motifs is 3. The first-order valence-corrected chi connectivity index (χ1v) is 21.0. The van der Waals surface area contributed by atoms with Gasteiger partial charge in [-0.25, -0.2) is 4.79 Å². The number of carboxylic acid groups (broad SMARTS) is 1. The molecule has 1 fully saturated rings. The Kier molecular flexibility index (Phi) is 11.7. The first-order valence-electron chi connectivity index (χ1n) is 21.0. The first-order chi connectivity index (χ1) is 30.7. The summed E-state index contributed by atoms with van der Waals surface area (Å²) in [6.45, 7) is 2.69. The molecule has 0 spiro atoms. The van der Waals surface area contributed by atoms with Crippen LogP contribution in [-0.4, -0.2) is 70.5 Å². The van der Waals surface area contributed by atoms with Crippen molar-refractivity contribution in [3.63, 3.8) is 0 Å². The van der Waals surface area contributed by atoms with Crippen LogP contribution in [0.25, 0.3) is 32.4 Å². The number of benzene rings is 7. The van der Waals surface area contributed by atoms with Gasteiger partial charge in [0.2, 0.25) is 5.91 Å². The maximum absolute atomic E-state index is 14.2. The SMILES string of the molecule is O=C(Cc1ccccc1Cn1cc(C(=O)N2CCNC(CNC(=O)c3ccc4ccccc4c3)C2)c2ccccc21)Nc1ccc2cc(OCc3cccc(C(=O)O)c3)ccc2c1. The number of rotatable bonds is 13. The van der Waals surface area contributed by atoms with Crippen molar-refractivity contribution in [2.45, 2.75) is 25.6 Å². The molecule has 9 rings (SSSR count). The van der Waals surface area contributed by atoms with E-state index < -0.39 is 5.97 Å². The second-order valence-corrected chi connectivity index (χ2v) is 15.9. The van der Waals surface area contributed by atoms with Crippen molar-refractivity contribution in [1.82, 2.24) is 20.1 Å². The molecule has 8 aromatic rings. The Hall–Kier alpha value is -7.76. The van der Waals surface area contributed by atoms with Crippen LogP contribution in [0.1, 0.15) is 47.8 Å². The van der Waals surface area contributed by atoms with Crippen LogP contribution < -0.4 is 20.7 Å². The van der Waals surface area contributed by atoms with Gasteiger partial charge in [0.25, 0.3) is 11.8 Å². The molecule has 1 saturated heterocycles. The highest BCUT2D eigenvalue weighted by atomic mass is 16.5. The Balaban J connectivity index is 0.835. The number of hydrogen-bond acceptors (Lipinski definition) is 6. The molecule has 4 N–H and O–H groups in total. The summed E-state index contributed by atoms with van der Waals surface area (Å²) in [6.07, 6.45) is 2.08. The molecule has 11 nitrogen and oxygen atoms in total. The van der Waals surface area contributed by atoms with Crippen LogP contribution in [0.4, 0.5) is 5.69 Å². The van der Waals surface area contributed by atoms with Crippen molar-refractivity contribution < 1.29 is 29.0 Å². The molecule has 1 aliphatic rings. The molecule has 1 aliphatic heterocycles. The molecule has 2 heterocycles. The highest BCUT2D eigenvalue weighted by molar-refractivity contribution is 6.07. The van der Waals surface area contributed by atoms with E-state index in [0.29, 0.717) is 55.3 Å². The standard InChI is InChI=1S/C52H45N5O6/c58-49(55-43-20-18-39-27-45(21-19-38(39)26-43)63-33-34-8-7-13-41(24-34)52(61)62)28-37-11-3-4-12-42(37)30-57-32-47(46-14-5-6-15-48(46)57)51(60)56-23-22-53-44(31-56)29-54-50(59)40-17-16-35-9-1-2-10-36(35)25-40/h1-21,24-27,32,44,53H,22-23,28-31,33H2,(H,54,59)(H,55,58)(H,61,62). The minimum absolute atomic E-state index is 0.0626. The number of carbonyl (C=O) groups is 4. The molecule has 3 amide bonds. The summed E-state index contributed by atoms with van der Waals surface area (Å²) in [6, 6.07) is 47.4. The summed E-state index contributed by atoms with van der Waals surface area (Å²) in [5.41, 5.74) is 5.63. The van der Waals surface area contributed by atoms with Crippen molar-refractivity contribution >= 4 is 61.8 Å². The molecular formula is C52H45N5O6. The van der Waals surface area contributed by atoms with E-state index >= 15 is 0 Å². The zero-order chi connectivity index (χ0) is 43.3. The number of amides is 3. The van der Waals surface area contributed by atoms with Crippen LogP contribution >= 0.6 is 0 Å². The summed E-state index contributed by atoms with van der Waals surface area (Å²) in [7, 11) is 0. The number of carbonyl (C=O) groups excluding carboxylic acids is 3. The van der Waals surface area contributed by atoms with Gasteiger partial charge in [0.1, 0.15) is 12.4 Å². The van der Waals surface area contributed by atoms with E-state index in [4.69, 9.17) is 4.74 Å². The lowest BCUT2D eigenvalue weighted by Crippen LogP contribution is -2.56. The summed E-state index contributed by atoms with van der Waals surface area (Å²) in [5.74, 6) is -0.697. The Morgan fingerprint density at radius 2 is 1.46 bits per heavy atom. The molecule has 1 atom stereocenters. The fraction of sp³-hybridized carbons (Fsp3) is 0.154. The molecule has 11 heteroatoms. The van der Waals surface area contributed by atoms with Gasteiger partial charge in [-0.2, -0.15) is 0 Å². The van der Waals surface area contributed by atoms with E-state index in [2.05, 4.69) is 20.5 Å². The van der Waals surface area contributed by atoms with Gasteiger partial charge in [-0.05, 0) is 92.8 Å². The van der Waals surface area contributed by atoms with Crippen molar-refractivity contribution in [3.8, 4) is 5.75 Å². The molecule has 0 bridgehead atoms. The predicted octanol–water partition coefficient (Wildman–Crippen LogP) is 8.30. The third-order valence-electron chi connectivity index (χ3n) is 11.6. The average molecular weight is 836 g/mol. The number of hydrogen-bond donors (Lipinski definition) is 4. The number of aromatic nitrogens is 1. The zero-order valence-electron chi connectivity index (χ0n) is 34.4. The average Bonchev–Trinajstić information content (AvgIpc) is 3.68. The molecule has 314 valence electrons. The van der Waals surface area contributed by atoms with E-state index in [1.165, 1.54) is 0 Å². The monoisotopic (exact) mass is 835 g/mol. The Labute approximate surface area is 363 Å². The van der Waals surface area contributed by atoms with Crippen LogP contribution in [0, 0.1) is 0 Å². The predicted molar refractivity (Wildman–Crippen MR) is 245 cm³/mol. The number of carboxylic acids is 1. The maximum Gasteiger partial charge on any atom is 0.335 e. The van der Waals surface area contributed by atoms with Gasteiger partial charge >= 0.3 is 5.97 Å². The second kappa shape index (κ2) is 18.1. The summed E-state index contributed by atoms with van der Waals surface area (Å²) in [5, 5.41) is 23.7. The third-order valence-corrected chi connectivity index (χ3v) is 11.6. The largest absolute Gasteiger partial charge is 0.489 e. The minimum atomic E-state index is -0.982. The van der Waals surface area contributed by atoms with E-state index in [1.54, 1.807) is 18.2 Å². The normalized spacial score (nSPS) is 13.8. The van der Waals surface area contributed by atoms with Crippen LogP contribution in [-0.2, 0) is 24.4 Å². The molecule has 1 unspecified atom stereocenters. The van der Waals surface area contributed by atoms with Crippen LogP contribution in [0.15, 0.2) is 158 Å². The van der Waals surface area contributed by atoms with E-state index in [-0.39, 0.29) is 42.4 Å². The number of anilines is 1. The topological polar surface area (TPSA) is 142 Å². The number of nitrogens with zero attached hydrogens (tertiary/aromatic N) is 2. The number of nitrogens with one attached hydrogen (secondary N) is 3.